The summed E-state index contributed by atoms with van der Waals surface area (Å²) in [6, 6.07) is 0. The minimum absolute atomic E-state index is 0.532. The predicted octanol–water partition coefficient (Wildman–Crippen LogP) is 2.15. The van der Waals surface area contributed by atoms with Crippen LogP contribution in [0.4, 0.5) is 4.79 Å². The molecule has 0 aromatic rings. The van der Waals surface area contributed by atoms with E-state index in [1.165, 1.54) is 0 Å². The van der Waals surface area contributed by atoms with Crippen molar-refractivity contribution in [3.63, 3.8) is 0 Å². The van der Waals surface area contributed by atoms with Crippen LogP contribution in [0.3, 0.4) is 0 Å². The van der Waals surface area contributed by atoms with Crippen LogP contribution in [0.25, 0.3) is 0 Å². The highest BCUT2D eigenvalue weighted by molar-refractivity contribution is 5.75. The van der Waals surface area contributed by atoms with Crippen molar-refractivity contribution in [2.45, 2.75) is 58.1 Å². The van der Waals surface area contributed by atoms with Crippen LogP contribution in [0.5, 0.6) is 0 Å². The fourth-order valence-corrected chi connectivity index (χ4v) is 2.25. The Morgan fingerprint density at radius 1 is 1.41 bits per heavy atom. The molecule has 5 nitrogen and oxygen atoms in total. The van der Waals surface area contributed by atoms with E-state index in [-0.39, 0.29) is 0 Å². The van der Waals surface area contributed by atoms with Crippen molar-refractivity contribution < 1.29 is 19.4 Å². The number of alkyl carbamates (subject to hydrolysis) is 1. The van der Waals surface area contributed by atoms with E-state index >= 15 is 0 Å². The summed E-state index contributed by atoms with van der Waals surface area (Å²) in [5.74, 6) is -1.39. The number of hydrogen-bond donors (Lipinski definition) is 2. The largest absolute Gasteiger partial charge is 0.481 e. The molecule has 2 N–H and O–H groups in total. The molecule has 0 aliphatic heterocycles. The second kappa shape index (κ2) is 4.55. The summed E-state index contributed by atoms with van der Waals surface area (Å²) in [7, 11) is 0. The molecule has 1 saturated carbocycles. The van der Waals surface area contributed by atoms with Gasteiger partial charge in [0.2, 0.25) is 0 Å². The van der Waals surface area contributed by atoms with Crippen LogP contribution in [-0.2, 0) is 9.53 Å². The van der Waals surface area contributed by atoms with Crippen LogP contribution in [0.1, 0.15) is 47.0 Å². The molecule has 2 atom stereocenters. The number of hydrogen-bond acceptors (Lipinski definition) is 3. The van der Waals surface area contributed by atoms with Crippen LogP contribution in [0, 0.1) is 5.92 Å². The number of carbonyl (C=O) groups excluding carboxylic acids is 1. The van der Waals surface area contributed by atoms with Gasteiger partial charge in [-0.05, 0) is 40.5 Å². The summed E-state index contributed by atoms with van der Waals surface area (Å²) in [6.07, 6.45) is 1.53. The Morgan fingerprint density at radius 2 is 2.00 bits per heavy atom. The third-order valence-electron chi connectivity index (χ3n) is 3.04. The van der Waals surface area contributed by atoms with Crippen molar-refractivity contribution in [2.24, 2.45) is 5.92 Å². The standard InChI is InChI=1S/C12H21NO4/c1-11(2,3)17-10(16)13-12(4)7-5-6-8(12)9(14)15/h8H,5-7H2,1-4H3,(H,13,16)(H,14,15)/t8-,12-/m0/s1. The Hall–Kier alpha value is -1.26. The highest BCUT2D eigenvalue weighted by Gasteiger charge is 2.45. The molecule has 98 valence electrons. The van der Waals surface area contributed by atoms with E-state index < -0.39 is 29.1 Å². The maximum absolute atomic E-state index is 11.7. The minimum Gasteiger partial charge on any atom is -0.481 e. The van der Waals surface area contributed by atoms with Gasteiger partial charge < -0.3 is 15.2 Å². The van der Waals surface area contributed by atoms with Crippen LogP contribution < -0.4 is 5.32 Å². The Kier molecular flexibility index (Phi) is 3.69. The van der Waals surface area contributed by atoms with Crippen molar-refractivity contribution in [1.29, 1.82) is 0 Å². The highest BCUT2D eigenvalue weighted by Crippen LogP contribution is 2.35. The minimum atomic E-state index is -0.860. The molecule has 1 fully saturated rings. The third kappa shape index (κ3) is 3.61. The number of ether oxygens (including phenoxy) is 1. The lowest BCUT2D eigenvalue weighted by Crippen LogP contribution is -2.52. The second-order valence-corrected chi connectivity index (χ2v) is 5.83. The Morgan fingerprint density at radius 3 is 2.47 bits per heavy atom. The quantitative estimate of drug-likeness (QED) is 0.779. The first kappa shape index (κ1) is 13.8. The molecule has 0 aromatic carbocycles. The van der Waals surface area contributed by atoms with Gasteiger partial charge in [-0.15, -0.1) is 0 Å². The lowest BCUT2D eigenvalue weighted by Gasteiger charge is -2.31. The van der Waals surface area contributed by atoms with Gasteiger partial charge in [-0.25, -0.2) is 4.79 Å². The number of carboxylic acids is 1. The van der Waals surface area contributed by atoms with Crippen molar-refractivity contribution in [2.75, 3.05) is 0 Å². The number of nitrogens with one attached hydrogen (secondary N) is 1. The van der Waals surface area contributed by atoms with Gasteiger partial charge in [0.25, 0.3) is 0 Å². The van der Waals surface area contributed by atoms with Crippen LogP contribution in [-0.4, -0.2) is 28.3 Å². The van der Waals surface area contributed by atoms with Crippen molar-refractivity contribution in [3.05, 3.63) is 0 Å². The van der Waals surface area contributed by atoms with Gasteiger partial charge >= 0.3 is 12.1 Å². The van der Waals surface area contributed by atoms with E-state index in [9.17, 15) is 9.59 Å². The SMILES string of the molecule is CC(C)(C)OC(=O)N[C@@]1(C)CCC[C@H]1C(=O)O. The third-order valence-corrected chi connectivity index (χ3v) is 3.04. The van der Waals surface area contributed by atoms with Crippen LogP contribution in [0.15, 0.2) is 0 Å². The molecule has 5 heteroatoms. The average molecular weight is 243 g/mol. The van der Waals surface area contributed by atoms with Crippen molar-refractivity contribution in [3.8, 4) is 0 Å². The highest BCUT2D eigenvalue weighted by atomic mass is 16.6. The molecule has 1 aliphatic carbocycles. The molecule has 0 radical (unpaired) electrons. The summed E-state index contributed by atoms with van der Waals surface area (Å²) >= 11 is 0. The van der Waals surface area contributed by atoms with Gasteiger partial charge in [0.15, 0.2) is 0 Å². The summed E-state index contributed by atoms with van der Waals surface area (Å²) in [5, 5.41) is 11.8. The van der Waals surface area contributed by atoms with Crippen molar-refractivity contribution >= 4 is 12.1 Å². The summed E-state index contributed by atoms with van der Waals surface area (Å²) in [6.45, 7) is 7.09. The maximum atomic E-state index is 11.7. The van der Waals surface area contributed by atoms with Crippen LogP contribution >= 0.6 is 0 Å². The van der Waals surface area contributed by atoms with E-state index in [0.29, 0.717) is 12.8 Å². The number of carbonyl (C=O) groups is 2. The van der Waals surface area contributed by atoms with E-state index in [1.807, 2.05) is 0 Å². The first-order valence-corrected chi connectivity index (χ1v) is 5.88. The van der Waals surface area contributed by atoms with E-state index in [1.54, 1.807) is 27.7 Å². The fraction of sp³-hybridized carbons (Fsp3) is 0.833. The monoisotopic (exact) mass is 243 g/mol. The first-order valence-electron chi connectivity index (χ1n) is 5.88. The van der Waals surface area contributed by atoms with Gasteiger partial charge in [-0.2, -0.15) is 0 Å². The molecule has 17 heavy (non-hydrogen) atoms. The van der Waals surface area contributed by atoms with Gasteiger partial charge in [0, 0.05) is 0 Å². The Bertz CT molecular complexity index is 321. The van der Waals surface area contributed by atoms with E-state index in [2.05, 4.69) is 5.32 Å². The first-order chi connectivity index (χ1) is 7.64. The molecule has 0 heterocycles. The van der Waals surface area contributed by atoms with Gasteiger partial charge in [-0.3, -0.25) is 4.79 Å². The van der Waals surface area contributed by atoms with Crippen molar-refractivity contribution in [1.82, 2.24) is 5.32 Å². The van der Waals surface area contributed by atoms with Crippen LogP contribution in [0.2, 0.25) is 0 Å². The summed E-state index contributed by atoms with van der Waals surface area (Å²) in [5.41, 5.74) is -1.27. The Balaban J connectivity index is 2.66. The molecule has 0 aromatic heterocycles. The van der Waals surface area contributed by atoms with E-state index in [4.69, 9.17) is 9.84 Å². The lowest BCUT2D eigenvalue weighted by molar-refractivity contribution is -0.143. The number of rotatable bonds is 2. The molecule has 0 spiro atoms. The van der Waals surface area contributed by atoms with Gasteiger partial charge in [0.1, 0.15) is 5.60 Å². The number of amides is 1. The normalized spacial score (nSPS) is 28.8. The predicted molar refractivity (Wildman–Crippen MR) is 62.8 cm³/mol. The lowest BCUT2D eigenvalue weighted by atomic mass is 9.89. The second-order valence-electron chi connectivity index (χ2n) is 5.83. The molecule has 1 aliphatic rings. The smallest absolute Gasteiger partial charge is 0.408 e. The summed E-state index contributed by atoms with van der Waals surface area (Å²) < 4.78 is 5.15. The fourth-order valence-electron chi connectivity index (χ4n) is 2.25. The molecule has 0 bridgehead atoms. The summed E-state index contributed by atoms with van der Waals surface area (Å²) in [4.78, 5) is 22.8. The molecule has 0 saturated heterocycles. The molecular formula is C12H21NO4. The molecule has 1 rings (SSSR count). The average Bonchev–Trinajstić information content (AvgIpc) is 2.42. The Labute approximate surface area is 102 Å². The zero-order valence-electron chi connectivity index (χ0n) is 10.9. The van der Waals surface area contributed by atoms with Gasteiger partial charge in [0.05, 0.1) is 11.5 Å². The molecular weight excluding hydrogens is 222 g/mol. The van der Waals surface area contributed by atoms with Gasteiger partial charge in [-0.1, -0.05) is 6.42 Å². The molecule has 0 unspecified atom stereocenters. The number of aliphatic carboxylic acids is 1. The topological polar surface area (TPSA) is 75.6 Å². The zero-order chi connectivity index (χ0) is 13.3. The molecule has 1 amide bonds. The maximum Gasteiger partial charge on any atom is 0.408 e. The van der Waals surface area contributed by atoms with E-state index in [0.717, 1.165) is 6.42 Å². The zero-order valence-corrected chi connectivity index (χ0v) is 10.9. The number of carboxylic acid groups (broad SMARTS) is 1.